The Morgan fingerprint density at radius 2 is 1.86 bits per heavy atom. The number of benzene rings is 1. The van der Waals surface area contributed by atoms with E-state index < -0.39 is 0 Å². The predicted octanol–water partition coefficient (Wildman–Crippen LogP) is 2.63. The number of nitrogens with zero attached hydrogens (tertiary/aromatic N) is 3. The highest BCUT2D eigenvalue weighted by Crippen LogP contribution is 2.09. The zero-order valence-electron chi connectivity index (χ0n) is 12.9. The van der Waals surface area contributed by atoms with E-state index in [1.807, 2.05) is 44.3 Å². The minimum Gasteiger partial charge on any atom is -0.296 e. The van der Waals surface area contributed by atoms with Gasteiger partial charge in [0.05, 0.1) is 5.69 Å². The molecule has 0 aliphatic heterocycles. The van der Waals surface area contributed by atoms with Crippen LogP contribution >= 0.6 is 0 Å². The van der Waals surface area contributed by atoms with Gasteiger partial charge in [-0.15, -0.1) is 0 Å². The van der Waals surface area contributed by atoms with Gasteiger partial charge in [0.15, 0.2) is 0 Å². The van der Waals surface area contributed by atoms with Crippen molar-refractivity contribution in [1.82, 2.24) is 14.3 Å². The van der Waals surface area contributed by atoms with Gasteiger partial charge < -0.3 is 0 Å². The Balaban J connectivity index is 1.85. The second-order valence-corrected chi connectivity index (χ2v) is 5.63. The molecular weight excluding hydrogens is 274 g/mol. The van der Waals surface area contributed by atoms with Crippen molar-refractivity contribution in [2.75, 3.05) is 7.05 Å². The topological polar surface area (TPSA) is 37.6 Å². The van der Waals surface area contributed by atoms with Gasteiger partial charge in [0.2, 0.25) is 0 Å². The lowest BCUT2D eigenvalue weighted by atomic mass is 10.2. The highest BCUT2D eigenvalue weighted by atomic mass is 16.1. The zero-order valence-corrected chi connectivity index (χ0v) is 12.9. The molecular formula is C18H19N3O. The lowest BCUT2D eigenvalue weighted by Crippen LogP contribution is -2.22. The quantitative estimate of drug-likeness (QED) is 0.742. The third-order valence-electron chi connectivity index (χ3n) is 3.67. The van der Waals surface area contributed by atoms with E-state index in [2.05, 4.69) is 22.0 Å². The molecule has 2 heterocycles. The second kappa shape index (κ2) is 6.12. The van der Waals surface area contributed by atoms with Crippen LogP contribution in [-0.4, -0.2) is 21.3 Å². The summed E-state index contributed by atoms with van der Waals surface area (Å²) in [7, 11) is 2.04. The maximum Gasteiger partial charge on any atom is 0.258 e. The molecule has 4 heteroatoms. The molecule has 112 valence electrons. The van der Waals surface area contributed by atoms with Gasteiger partial charge in [0.1, 0.15) is 5.65 Å². The van der Waals surface area contributed by atoms with Crippen molar-refractivity contribution in [3.63, 3.8) is 0 Å². The molecule has 4 nitrogen and oxygen atoms in total. The first-order valence-electron chi connectivity index (χ1n) is 7.34. The van der Waals surface area contributed by atoms with Crippen LogP contribution in [0, 0.1) is 6.92 Å². The molecule has 0 atom stereocenters. The molecule has 0 bridgehead atoms. The average molecular weight is 293 g/mol. The Hall–Kier alpha value is -2.46. The fraction of sp³-hybridized carbons (Fsp3) is 0.222. The smallest absolute Gasteiger partial charge is 0.258 e. The molecule has 2 aromatic heterocycles. The summed E-state index contributed by atoms with van der Waals surface area (Å²) in [6.07, 6.45) is 1.76. The highest BCUT2D eigenvalue weighted by molar-refractivity contribution is 5.46. The van der Waals surface area contributed by atoms with Crippen LogP contribution in [0.15, 0.2) is 59.5 Å². The van der Waals surface area contributed by atoms with Crippen molar-refractivity contribution in [1.29, 1.82) is 0 Å². The molecule has 0 unspecified atom stereocenters. The third-order valence-corrected chi connectivity index (χ3v) is 3.67. The Morgan fingerprint density at radius 1 is 1.09 bits per heavy atom. The Bertz CT molecular complexity index is 840. The number of pyridine rings is 1. The fourth-order valence-corrected chi connectivity index (χ4v) is 2.62. The largest absolute Gasteiger partial charge is 0.296 e. The van der Waals surface area contributed by atoms with Crippen LogP contribution in [0.4, 0.5) is 0 Å². The first kappa shape index (κ1) is 14.5. The average Bonchev–Trinajstić information content (AvgIpc) is 2.49. The molecule has 1 aromatic carbocycles. The summed E-state index contributed by atoms with van der Waals surface area (Å²) >= 11 is 0. The lowest BCUT2D eigenvalue weighted by Gasteiger charge is -2.16. The van der Waals surface area contributed by atoms with Crippen LogP contribution in [0.25, 0.3) is 5.65 Å². The minimum absolute atomic E-state index is 0.0307. The van der Waals surface area contributed by atoms with Gasteiger partial charge >= 0.3 is 0 Å². The predicted molar refractivity (Wildman–Crippen MR) is 87.8 cm³/mol. The summed E-state index contributed by atoms with van der Waals surface area (Å²) in [5, 5.41) is 0. The number of fused-ring (bicyclic) bond motifs is 1. The molecule has 22 heavy (non-hydrogen) atoms. The minimum atomic E-state index is -0.0307. The first-order valence-corrected chi connectivity index (χ1v) is 7.34. The van der Waals surface area contributed by atoms with E-state index in [0.29, 0.717) is 6.54 Å². The molecule has 0 N–H and O–H groups in total. The normalized spacial score (nSPS) is 11.2. The SMILES string of the molecule is Cc1cccn2c(=O)cc(CN(C)Cc3ccccc3)nc12. The van der Waals surface area contributed by atoms with Crippen molar-refractivity contribution < 1.29 is 0 Å². The van der Waals surface area contributed by atoms with Crippen molar-refractivity contribution in [3.8, 4) is 0 Å². The number of rotatable bonds is 4. The van der Waals surface area contributed by atoms with Gasteiger partial charge in [-0.2, -0.15) is 0 Å². The monoisotopic (exact) mass is 293 g/mol. The van der Waals surface area contributed by atoms with Crippen LogP contribution in [0.1, 0.15) is 16.8 Å². The molecule has 3 aromatic rings. The van der Waals surface area contributed by atoms with Crippen molar-refractivity contribution in [2.24, 2.45) is 0 Å². The molecule has 3 rings (SSSR count). The summed E-state index contributed by atoms with van der Waals surface area (Å²) in [5.74, 6) is 0. The summed E-state index contributed by atoms with van der Waals surface area (Å²) < 4.78 is 1.59. The number of aromatic nitrogens is 2. The molecule has 0 amide bonds. The summed E-state index contributed by atoms with van der Waals surface area (Å²) in [5.41, 5.74) is 3.76. The molecule has 0 radical (unpaired) electrons. The van der Waals surface area contributed by atoms with E-state index in [9.17, 15) is 4.79 Å². The van der Waals surface area contributed by atoms with Crippen molar-refractivity contribution in [2.45, 2.75) is 20.0 Å². The molecule has 0 fully saturated rings. The van der Waals surface area contributed by atoms with E-state index in [-0.39, 0.29) is 5.56 Å². The Kier molecular flexibility index (Phi) is 4.02. The van der Waals surface area contributed by atoms with Gasteiger partial charge in [0, 0.05) is 25.4 Å². The molecule has 0 spiro atoms. The van der Waals surface area contributed by atoms with Crippen molar-refractivity contribution >= 4 is 5.65 Å². The maximum atomic E-state index is 12.2. The summed E-state index contributed by atoms with van der Waals surface area (Å²) in [6, 6.07) is 15.7. The number of hydrogen-bond acceptors (Lipinski definition) is 3. The Morgan fingerprint density at radius 3 is 2.64 bits per heavy atom. The van der Waals surface area contributed by atoms with Crippen LogP contribution < -0.4 is 5.56 Å². The Labute approximate surface area is 129 Å². The molecule has 0 aliphatic rings. The second-order valence-electron chi connectivity index (χ2n) is 5.63. The summed E-state index contributed by atoms with van der Waals surface area (Å²) in [4.78, 5) is 19.0. The zero-order chi connectivity index (χ0) is 15.5. The van der Waals surface area contributed by atoms with Gasteiger partial charge in [-0.05, 0) is 31.2 Å². The van der Waals surface area contributed by atoms with E-state index in [0.717, 1.165) is 23.4 Å². The van der Waals surface area contributed by atoms with Crippen LogP contribution in [0.3, 0.4) is 0 Å². The maximum absolute atomic E-state index is 12.2. The van der Waals surface area contributed by atoms with E-state index in [4.69, 9.17) is 0 Å². The highest BCUT2D eigenvalue weighted by Gasteiger charge is 2.07. The number of hydrogen-bond donors (Lipinski definition) is 0. The van der Waals surface area contributed by atoms with E-state index in [1.165, 1.54) is 5.56 Å². The van der Waals surface area contributed by atoms with E-state index >= 15 is 0 Å². The van der Waals surface area contributed by atoms with Gasteiger partial charge in [-0.25, -0.2) is 4.98 Å². The van der Waals surface area contributed by atoms with Crippen LogP contribution in [0.5, 0.6) is 0 Å². The van der Waals surface area contributed by atoms with Gasteiger partial charge in [-0.1, -0.05) is 36.4 Å². The lowest BCUT2D eigenvalue weighted by molar-refractivity contribution is 0.315. The number of aryl methyl sites for hydroxylation is 1. The summed E-state index contributed by atoms with van der Waals surface area (Å²) in [6.45, 7) is 3.45. The van der Waals surface area contributed by atoms with Gasteiger partial charge in [-0.3, -0.25) is 14.1 Å². The van der Waals surface area contributed by atoms with E-state index in [1.54, 1.807) is 16.7 Å². The third kappa shape index (κ3) is 3.07. The van der Waals surface area contributed by atoms with Crippen molar-refractivity contribution in [3.05, 3.63) is 81.9 Å². The fourth-order valence-electron chi connectivity index (χ4n) is 2.62. The standard InChI is InChI=1S/C18H19N3O/c1-14-7-6-10-21-17(22)11-16(19-18(14)21)13-20(2)12-15-8-4-3-5-9-15/h3-11H,12-13H2,1-2H3. The first-order chi connectivity index (χ1) is 10.6. The van der Waals surface area contributed by atoms with Crippen LogP contribution in [0.2, 0.25) is 0 Å². The molecule has 0 saturated heterocycles. The molecule has 0 aliphatic carbocycles. The molecule has 0 saturated carbocycles. The van der Waals surface area contributed by atoms with Crippen LogP contribution in [-0.2, 0) is 13.1 Å². The van der Waals surface area contributed by atoms with Gasteiger partial charge in [0.25, 0.3) is 5.56 Å².